The Morgan fingerprint density at radius 3 is 2.61 bits per heavy atom. The van der Waals surface area contributed by atoms with Crippen molar-refractivity contribution in [1.82, 2.24) is 9.88 Å². The summed E-state index contributed by atoms with van der Waals surface area (Å²) >= 11 is 1.25. The van der Waals surface area contributed by atoms with Crippen LogP contribution in [0.1, 0.15) is 43.3 Å². The topological polar surface area (TPSA) is 92.9 Å². The SMILES string of the molecule is Cc1nc(C)c(C(=O)C2=C(O)C(=O)N(Cc3ccco3)C2c2cccc(OCc3ccccc3)c2)s1. The van der Waals surface area contributed by atoms with Gasteiger partial charge in [0.1, 0.15) is 18.1 Å². The first-order valence-electron chi connectivity index (χ1n) is 11.4. The summed E-state index contributed by atoms with van der Waals surface area (Å²) in [4.78, 5) is 33.1. The van der Waals surface area contributed by atoms with Crippen LogP contribution in [0, 0.1) is 13.8 Å². The Hall–Kier alpha value is -4.17. The van der Waals surface area contributed by atoms with E-state index in [1.54, 1.807) is 25.1 Å². The number of hydrogen-bond donors (Lipinski definition) is 1. The number of Topliss-reactive ketones (excluding diaryl/α,β-unsaturated/α-hetero) is 1. The summed E-state index contributed by atoms with van der Waals surface area (Å²) in [5, 5.41) is 11.7. The second kappa shape index (κ2) is 9.83. The Balaban J connectivity index is 1.53. The van der Waals surface area contributed by atoms with E-state index in [2.05, 4.69) is 4.98 Å². The lowest BCUT2D eigenvalue weighted by molar-refractivity contribution is -0.130. The second-order valence-corrected chi connectivity index (χ2v) is 9.70. The van der Waals surface area contributed by atoms with Crippen LogP contribution in [0.25, 0.3) is 0 Å². The van der Waals surface area contributed by atoms with Crippen LogP contribution in [0.3, 0.4) is 0 Å². The third-order valence-electron chi connectivity index (χ3n) is 5.99. The number of aliphatic hydroxyl groups excluding tert-OH is 1. The lowest BCUT2D eigenvalue weighted by Gasteiger charge is -2.26. The number of thiazole rings is 1. The highest BCUT2D eigenvalue weighted by molar-refractivity contribution is 7.14. The summed E-state index contributed by atoms with van der Waals surface area (Å²) in [7, 11) is 0. The maximum Gasteiger partial charge on any atom is 0.290 e. The van der Waals surface area contributed by atoms with Crippen LogP contribution in [0.5, 0.6) is 5.75 Å². The van der Waals surface area contributed by atoms with Crippen molar-refractivity contribution in [3.8, 4) is 5.75 Å². The summed E-state index contributed by atoms with van der Waals surface area (Å²) in [5.41, 5.74) is 2.26. The summed E-state index contributed by atoms with van der Waals surface area (Å²) in [6.07, 6.45) is 1.52. The number of ketones is 1. The van der Waals surface area contributed by atoms with Gasteiger partial charge in [-0.15, -0.1) is 11.3 Å². The van der Waals surface area contributed by atoms with E-state index >= 15 is 0 Å². The summed E-state index contributed by atoms with van der Waals surface area (Å²) in [5.74, 6) is -0.473. The van der Waals surface area contributed by atoms with Crippen LogP contribution in [0.15, 0.2) is 88.7 Å². The number of ether oxygens (including phenoxy) is 1. The van der Waals surface area contributed by atoms with Gasteiger partial charge in [-0.2, -0.15) is 0 Å². The quantitative estimate of drug-likeness (QED) is 0.312. The number of hydrogen-bond acceptors (Lipinski definition) is 7. The van der Waals surface area contributed by atoms with Crippen LogP contribution in [0.4, 0.5) is 0 Å². The predicted molar refractivity (Wildman–Crippen MR) is 135 cm³/mol. The molecule has 1 N–H and O–H groups in total. The second-order valence-electron chi connectivity index (χ2n) is 8.50. The zero-order valence-corrected chi connectivity index (χ0v) is 20.6. The molecule has 0 bridgehead atoms. The first-order chi connectivity index (χ1) is 17.4. The molecular formula is C28H24N2O5S. The van der Waals surface area contributed by atoms with E-state index in [0.717, 1.165) is 10.6 Å². The standard InChI is InChI=1S/C28H24N2O5S/c1-17-27(36-18(2)29-17)25(31)23-24(30(28(33)26(23)32)15-22-12-7-13-34-22)20-10-6-11-21(14-20)35-16-19-8-4-3-5-9-19/h3-14,24,32H,15-16H2,1-2H3. The minimum absolute atomic E-state index is 0.0264. The van der Waals surface area contributed by atoms with Crippen molar-refractivity contribution in [2.24, 2.45) is 0 Å². The molecule has 4 aromatic rings. The number of rotatable bonds is 8. The molecule has 182 valence electrons. The maximum absolute atomic E-state index is 13.7. The van der Waals surface area contributed by atoms with Gasteiger partial charge in [-0.05, 0) is 49.2 Å². The van der Waals surface area contributed by atoms with E-state index in [9.17, 15) is 14.7 Å². The molecule has 2 aromatic heterocycles. The third kappa shape index (κ3) is 4.55. The van der Waals surface area contributed by atoms with Crippen LogP contribution < -0.4 is 4.74 Å². The lowest BCUT2D eigenvalue weighted by atomic mass is 9.95. The highest BCUT2D eigenvalue weighted by atomic mass is 32.1. The molecule has 0 aliphatic carbocycles. The zero-order valence-electron chi connectivity index (χ0n) is 19.8. The summed E-state index contributed by atoms with van der Waals surface area (Å²) in [6, 6.07) is 19.7. The molecule has 0 radical (unpaired) electrons. The fraction of sp³-hybridized carbons (Fsp3) is 0.179. The van der Waals surface area contributed by atoms with Gasteiger partial charge in [-0.3, -0.25) is 9.59 Å². The van der Waals surface area contributed by atoms with Crippen molar-refractivity contribution in [3.05, 3.63) is 117 Å². The number of benzene rings is 2. The van der Waals surface area contributed by atoms with E-state index in [0.29, 0.717) is 34.3 Å². The average molecular weight is 501 g/mol. The summed E-state index contributed by atoms with van der Waals surface area (Å²) in [6.45, 7) is 4.03. The van der Waals surface area contributed by atoms with E-state index in [4.69, 9.17) is 9.15 Å². The van der Waals surface area contributed by atoms with E-state index in [-0.39, 0.29) is 12.1 Å². The number of carbonyl (C=O) groups excluding carboxylic acids is 2. The molecule has 0 spiro atoms. The molecule has 1 atom stereocenters. The smallest absolute Gasteiger partial charge is 0.290 e. The molecule has 2 aromatic carbocycles. The molecule has 1 amide bonds. The molecule has 8 heteroatoms. The Kier molecular flexibility index (Phi) is 6.43. The molecule has 1 aliphatic heterocycles. The van der Waals surface area contributed by atoms with E-state index < -0.39 is 23.5 Å². The molecule has 3 heterocycles. The van der Waals surface area contributed by atoms with Gasteiger partial charge in [-0.25, -0.2) is 4.98 Å². The van der Waals surface area contributed by atoms with Crippen molar-refractivity contribution < 1.29 is 23.8 Å². The minimum Gasteiger partial charge on any atom is -0.503 e. The van der Waals surface area contributed by atoms with Gasteiger partial charge < -0.3 is 19.2 Å². The third-order valence-corrected chi connectivity index (χ3v) is 7.06. The number of aliphatic hydroxyl groups is 1. The lowest BCUT2D eigenvalue weighted by Crippen LogP contribution is -2.30. The van der Waals surface area contributed by atoms with Crippen LogP contribution in [-0.4, -0.2) is 26.7 Å². The molecule has 0 fully saturated rings. The van der Waals surface area contributed by atoms with Crippen molar-refractivity contribution in [3.63, 3.8) is 0 Å². The monoisotopic (exact) mass is 500 g/mol. The highest BCUT2D eigenvalue weighted by Crippen LogP contribution is 2.41. The van der Waals surface area contributed by atoms with Crippen LogP contribution in [-0.2, 0) is 17.9 Å². The molecule has 7 nitrogen and oxygen atoms in total. The fourth-order valence-corrected chi connectivity index (χ4v) is 5.22. The van der Waals surface area contributed by atoms with Crippen LogP contribution in [0.2, 0.25) is 0 Å². The Labute approximate surface area is 212 Å². The van der Waals surface area contributed by atoms with Gasteiger partial charge >= 0.3 is 0 Å². The number of aryl methyl sites for hydroxylation is 2. The van der Waals surface area contributed by atoms with Crippen molar-refractivity contribution >= 4 is 23.0 Å². The van der Waals surface area contributed by atoms with Crippen LogP contribution >= 0.6 is 11.3 Å². The summed E-state index contributed by atoms with van der Waals surface area (Å²) < 4.78 is 11.5. The van der Waals surface area contributed by atoms with Gasteiger partial charge in [0.2, 0.25) is 5.78 Å². The van der Waals surface area contributed by atoms with Gasteiger partial charge in [0.05, 0.1) is 40.0 Å². The normalized spacial score (nSPS) is 15.6. The number of aromatic nitrogens is 1. The molecular weight excluding hydrogens is 476 g/mol. The Morgan fingerprint density at radius 2 is 1.92 bits per heavy atom. The highest BCUT2D eigenvalue weighted by Gasteiger charge is 2.45. The van der Waals surface area contributed by atoms with Crippen molar-refractivity contribution in [1.29, 1.82) is 0 Å². The van der Waals surface area contributed by atoms with Gasteiger partial charge in [0.15, 0.2) is 5.76 Å². The molecule has 0 saturated heterocycles. The Morgan fingerprint density at radius 1 is 1.11 bits per heavy atom. The van der Waals surface area contributed by atoms with E-state index in [1.807, 2.05) is 55.5 Å². The van der Waals surface area contributed by atoms with Gasteiger partial charge in [0, 0.05) is 0 Å². The fourth-order valence-electron chi connectivity index (χ4n) is 4.35. The number of furan rings is 1. The predicted octanol–water partition coefficient (Wildman–Crippen LogP) is 5.71. The Bertz CT molecular complexity index is 1440. The molecule has 1 aliphatic rings. The minimum atomic E-state index is -0.822. The molecule has 0 saturated carbocycles. The van der Waals surface area contributed by atoms with Crippen molar-refractivity contribution in [2.45, 2.75) is 33.0 Å². The first-order valence-corrected chi connectivity index (χ1v) is 12.3. The van der Waals surface area contributed by atoms with Crippen molar-refractivity contribution in [2.75, 3.05) is 0 Å². The number of carbonyl (C=O) groups is 2. The molecule has 5 rings (SSSR count). The van der Waals surface area contributed by atoms with Gasteiger partial charge in [-0.1, -0.05) is 42.5 Å². The first kappa shape index (κ1) is 23.6. The number of nitrogens with zero attached hydrogens (tertiary/aromatic N) is 2. The largest absolute Gasteiger partial charge is 0.503 e. The molecule has 36 heavy (non-hydrogen) atoms. The average Bonchev–Trinajstić information content (AvgIpc) is 3.58. The molecule has 1 unspecified atom stereocenters. The zero-order chi connectivity index (χ0) is 25.2. The van der Waals surface area contributed by atoms with E-state index in [1.165, 1.54) is 22.5 Å². The van der Waals surface area contributed by atoms with Gasteiger partial charge in [0.25, 0.3) is 5.91 Å². The number of amides is 1. The maximum atomic E-state index is 13.7.